The SMILES string of the molecule is CC(C)(Sc1ncccc1-c1cncnc1)C(=O)O. The lowest BCUT2D eigenvalue weighted by Crippen LogP contribution is -2.27. The first-order valence-corrected chi connectivity index (χ1v) is 6.45. The minimum Gasteiger partial charge on any atom is -0.480 e. The molecule has 98 valence electrons. The molecule has 0 aliphatic heterocycles. The number of aromatic nitrogens is 3. The van der Waals surface area contributed by atoms with Gasteiger partial charge in [-0.05, 0) is 19.9 Å². The molecule has 0 fully saturated rings. The van der Waals surface area contributed by atoms with Crippen molar-refractivity contribution in [3.8, 4) is 11.1 Å². The Balaban J connectivity index is 2.40. The topological polar surface area (TPSA) is 76.0 Å². The summed E-state index contributed by atoms with van der Waals surface area (Å²) >= 11 is 1.21. The van der Waals surface area contributed by atoms with Gasteiger partial charge in [0.15, 0.2) is 0 Å². The molecule has 2 heterocycles. The highest BCUT2D eigenvalue weighted by atomic mass is 32.2. The third kappa shape index (κ3) is 3.08. The fraction of sp³-hybridized carbons (Fsp3) is 0.231. The van der Waals surface area contributed by atoms with E-state index in [2.05, 4.69) is 15.0 Å². The van der Waals surface area contributed by atoms with E-state index < -0.39 is 10.7 Å². The summed E-state index contributed by atoms with van der Waals surface area (Å²) in [6.45, 7) is 3.31. The molecule has 0 radical (unpaired) electrons. The molecule has 1 N–H and O–H groups in total. The molecule has 0 atom stereocenters. The number of carbonyl (C=O) groups is 1. The van der Waals surface area contributed by atoms with E-state index in [1.807, 2.05) is 6.07 Å². The summed E-state index contributed by atoms with van der Waals surface area (Å²) in [5.74, 6) is -0.876. The van der Waals surface area contributed by atoms with Crippen LogP contribution >= 0.6 is 11.8 Å². The maximum Gasteiger partial charge on any atom is 0.319 e. The number of aliphatic carboxylic acids is 1. The van der Waals surface area contributed by atoms with Crippen molar-refractivity contribution < 1.29 is 9.90 Å². The number of carboxylic acids is 1. The molecule has 0 spiro atoms. The van der Waals surface area contributed by atoms with E-state index in [-0.39, 0.29) is 0 Å². The summed E-state index contributed by atoms with van der Waals surface area (Å²) in [4.78, 5) is 23.4. The number of hydrogen-bond donors (Lipinski definition) is 1. The van der Waals surface area contributed by atoms with Crippen LogP contribution in [-0.4, -0.2) is 30.8 Å². The van der Waals surface area contributed by atoms with E-state index in [1.54, 1.807) is 38.5 Å². The second-order valence-electron chi connectivity index (χ2n) is 4.40. The quantitative estimate of drug-likeness (QED) is 0.864. The van der Waals surface area contributed by atoms with Gasteiger partial charge in [0, 0.05) is 29.7 Å². The van der Waals surface area contributed by atoms with Crippen LogP contribution in [-0.2, 0) is 4.79 Å². The first-order chi connectivity index (χ1) is 9.00. The van der Waals surface area contributed by atoms with Crippen LogP contribution in [0.15, 0.2) is 42.1 Å². The summed E-state index contributed by atoms with van der Waals surface area (Å²) in [7, 11) is 0. The smallest absolute Gasteiger partial charge is 0.319 e. The highest BCUT2D eigenvalue weighted by Crippen LogP contribution is 2.36. The zero-order chi connectivity index (χ0) is 13.9. The van der Waals surface area contributed by atoms with Crippen LogP contribution in [0, 0.1) is 0 Å². The van der Waals surface area contributed by atoms with Gasteiger partial charge in [0.25, 0.3) is 0 Å². The largest absolute Gasteiger partial charge is 0.480 e. The van der Waals surface area contributed by atoms with Gasteiger partial charge in [-0.2, -0.15) is 0 Å². The van der Waals surface area contributed by atoms with Gasteiger partial charge in [-0.15, -0.1) is 0 Å². The second-order valence-corrected chi connectivity index (χ2v) is 6.01. The molecule has 5 nitrogen and oxygen atoms in total. The van der Waals surface area contributed by atoms with Crippen molar-refractivity contribution in [3.63, 3.8) is 0 Å². The average Bonchev–Trinajstić information content (AvgIpc) is 2.40. The highest BCUT2D eigenvalue weighted by Gasteiger charge is 2.30. The van der Waals surface area contributed by atoms with E-state index in [9.17, 15) is 9.90 Å². The Hall–Kier alpha value is -1.95. The van der Waals surface area contributed by atoms with Crippen LogP contribution < -0.4 is 0 Å². The first kappa shape index (κ1) is 13.5. The van der Waals surface area contributed by atoms with Crippen LogP contribution in [0.5, 0.6) is 0 Å². The lowest BCUT2D eigenvalue weighted by Gasteiger charge is -2.19. The fourth-order valence-corrected chi connectivity index (χ4v) is 2.40. The molecule has 0 amide bonds. The van der Waals surface area contributed by atoms with Gasteiger partial charge in [-0.1, -0.05) is 17.8 Å². The van der Waals surface area contributed by atoms with Gasteiger partial charge in [0.1, 0.15) is 16.1 Å². The van der Waals surface area contributed by atoms with Crippen molar-refractivity contribution in [2.45, 2.75) is 23.6 Å². The van der Waals surface area contributed by atoms with Crippen LogP contribution in [0.3, 0.4) is 0 Å². The third-order valence-electron chi connectivity index (χ3n) is 2.51. The fourth-order valence-electron chi connectivity index (χ4n) is 1.42. The molecular weight excluding hydrogens is 262 g/mol. The van der Waals surface area contributed by atoms with Gasteiger partial charge in [0.2, 0.25) is 0 Å². The first-order valence-electron chi connectivity index (χ1n) is 5.63. The number of pyridine rings is 1. The van der Waals surface area contributed by atoms with Gasteiger partial charge in [-0.25, -0.2) is 15.0 Å². The lowest BCUT2D eigenvalue weighted by atomic mass is 10.1. The molecule has 6 heteroatoms. The van der Waals surface area contributed by atoms with Crippen molar-refractivity contribution in [2.75, 3.05) is 0 Å². The number of hydrogen-bond acceptors (Lipinski definition) is 5. The van der Waals surface area contributed by atoms with Crippen LogP contribution in [0.25, 0.3) is 11.1 Å². The summed E-state index contributed by atoms with van der Waals surface area (Å²) in [5, 5.41) is 9.85. The predicted octanol–water partition coefficient (Wildman–Crippen LogP) is 2.49. The maximum atomic E-state index is 11.2. The number of thioether (sulfide) groups is 1. The summed E-state index contributed by atoms with van der Waals surface area (Å²) < 4.78 is -0.946. The molecule has 0 saturated heterocycles. The molecule has 0 aliphatic rings. The number of rotatable bonds is 4. The van der Waals surface area contributed by atoms with Crippen LogP contribution in [0.4, 0.5) is 0 Å². The van der Waals surface area contributed by atoms with Crippen LogP contribution in [0.2, 0.25) is 0 Å². The Kier molecular flexibility index (Phi) is 3.80. The Labute approximate surface area is 115 Å². The van der Waals surface area contributed by atoms with Crippen molar-refractivity contribution >= 4 is 17.7 Å². The predicted molar refractivity (Wildman–Crippen MR) is 72.8 cm³/mol. The highest BCUT2D eigenvalue weighted by molar-refractivity contribution is 8.01. The van der Waals surface area contributed by atoms with Crippen molar-refractivity contribution in [1.82, 2.24) is 15.0 Å². The summed E-state index contributed by atoms with van der Waals surface area (Å²) in [5.41, 5.74) is 1.65. The zero-order valence-corrected chi connectivity index (χ0v) is 11.4. The Morgan fingerprint density at radius 2 is 2.00 bits per heavy atom. The standard InChI is InChI=1S/C13H13N3O2S/c1-13(2,12(17)18)19-11-10(4-3-5-16-11)9-6-14-8-15-7-9/h3-8H,1-2H3,(H,17,18). The molecule has 0 saturated carbocycles. The normalized spacial score (nSPS) is 11.3. The number of carboxylic acid groups (broad SMARTS) is 1. The zero-order valence-electron chi connectivity index (χ0n) is 10.6. The van der Waals surface area contributed by atoms with E-state index >= 15 is 0 Å². The summed E-state index contributed by atoms with van der Waals surface area (Å²) in [6.07, 6.45) is 6.46. The average molecular weight is 275 g/mol. The van der Waals surface area contributed by atoms with Crippen molar-refractivity contribution in [3.05, 3.63) is 37.1 Å². The van der Waals surface area contributed by atoms with Gasteiger partial charge < -0.3 is 5.11 Å². The van der Waals surface area contributed by atoms with E-state index in [0.717, 1.165) is 11.1 Å². The monoisotopic (exact) mass is 275 g/mol. The molecule has 2 aromatic rings. The third-order valence-corrected chi connectivity index (χ3v) is 3.71. The molecule has 19 heavy (non-hydrogen) atoms. The molecular formula is C13H13N3O2S. The van der Waals surface area contributed by atoms with Gasteiger partial charge in [-0.3, -0.25) is 4.79 Å². The second kappa shape index (κ2) is 5.36. The van der Waals surface area contributed by atoms with Crippen molar-refractivity contribution in [1.29, 1.82) is 0 Å². The molecule has 0 bridgehead atoms. The van der Waals surface area contributed by atoms with E-state index in [4.69, 9.17) is 0 Å². The van der Waals surface area contributed by atoms with Gasteiger partial charge >= 0.3 is 5.97 Å². The molecule has 2 aromatic heterocycles. The minimum absolute atomic E-state index is 0.657. The van der Waals surface area contributed by atoms with E-state index in [1.165, 1.54) is 18.1 Å². The lowest BCUT2D eigenvalue weighted by molar-refractivity contribution is -0.138. The Morgan fingerprint density at radius 3 is 2.63 bits per heavy atom. The Morgan fingerprint density at radius 1 is 1.32 bits per heavy atom. The molecule has 0 unspecified atom stereocenters. The van der Waals surface area contributed by atoms with E-state index in [0.29, 0.717) is 5.03 Å². The number of nitrogens with zero attached hydrogens (tertiary/aromatic N) is 3. The Bertz CT molecular complexity index is 587. The van der Waals surface area contributed by atoms with Crippen molar-refractivity contribution in [2.24, 2.45) is 0 Å². The minimum atomic E-state index is -0.946. The molecule has 0 aliphatic carbocycles. The summed E-state index contributed by atoms with van der Waals surface area (Å²) in [6, 6.07) is 3.69. The van der Waals surface area contributed by atoms with Gasteiger partial charge in [0.05, 0.1) is 0 Å². The molecule has 2 rings (SSSR count). The maximum absolute atomic E-state index is 11.2. The van der Waals surface area contributed by atoms with Crippen LogP contribution in [0.1, 0.15) is 13.8 Å². The molecule has 0 aromatic carbocycles.